The molecule has 0 bridgehead atoms. The van der Waals surface area contributed by atoms with Crippen molar-refractivity contribution in [1.82, 2.24) is 4.98 Å². The van der Waals surface area contributed by atoms with Gasteiger partial charge in [0.2, 0.25) is 0 Å². The second kappa shape index (κ2) is 8.12. The number of rotatable bonds is 3. The summed E-state index contributed by atoms with van der Waals surface area (Å²) < 4.78 is 0. The highest BCUT2D eigenvalue weighted by molar-refractivity contribution is 6.45. The average molecular weight is 468 g/mol. The Labute approximate surface area is 180 Å². The van der Waals surface area contributed by atoms with Crippen LogP contribution in [0.1, 0.15) is 5.56 Å². The van der Waals surface area contributed by atoms with Crippen molar-refractivity contribution in [2.75, 3.05) is 0 Å². The molecule has 1 heterocycles. The average Bonchev–Trinajstić information content (AvgIpc) is 2.60. The van der Waals surface area contributed by atoms with Crippen LogP contribution in [0.2, 0.25) is 30.1 Å². The zero-order valence-corrected chi connectivity index (χ0v) is 17.4. The third-order valence-corrected chi connectivity index (χ3v) is 5.73. The number of hydrogen-bond acceptors (Lipinski definition) is 2. The lowest BCUT2D eigenvalue weighted by molar-refractivity contribution is 0.282. The number of hydrogen-bond donors (Lipinski definition) is 1. The van der Waals surface area contributed by atoms with Crippen molar-refractivity contribution in [3.8, 4) is 22.4 Å². The number of benzene rings is 2. The molecule has 0 fully saturated rings. The molecular weight excluding hydrogens is 459 g/mol. The summed E-state index contributed by atoms with van der Waals surface area (Å²) >= 11 is 36.9. The number of aliphatic hydroxyl groups excluding tert-OH is 1. The SMILES string of the molecule is OCc1cc(-c2cc(Cl)cc(Cl)c2Cl)cnc1-c1cc(Cl)cc(Cl)c1Cl. The van der Waals surface area contributed by atoms with Gasteiger partial charge in [-0.3, -0.25) is 4.98 Å². The molecule has 0 unspecified atom stereocenters. The molecule has 3 aromatic rings. The van der Waals surface area contributed by atoms with Gasteiger partial charge < -0.3 is 5.11 Å². The molecule has 0 aliphatic rings. The fourth-order valence-corrected chi connectivity index (χ4v) is 3.92. The molecule has 0 spiro atoms. The van der Waals surface area contributed by atoms with E-state index >= 15 is 0 Å². The van der Waals surface area contributed by atoms with E-state index in [0.29, 0.717) is 58.1 Å². The van der Waals surface area contributed by atoms with Crippen LogP contribution in [0.5, 0.6) is 0 Å². The molecule has 2 aromatic carbocycles. The predicted octanol–water partition coefficient (Wildman–Crippen LogP) is 7.83. The van der Waals surface area contributed by atoms with E-state index in [1.165, 1.54) is 6.07 Å². The van der Waals surface area contributed by atoms with Crippen LogP contribution >= 0.6 is 69.6 Å². The van der Waals surface area contributed by atoms with Crippen LogP contribution in [-0.4, -0.2) is 10.1 Å². The summed E-state index contributed by atoms with van der Waals surface area (Å²) in [4.78, 5) is 4.43. The van der Waals surface area contributed by atoms with Gasteiger partial charge in [-0.2, -0.15) is 0 Å². The van der Waals surface area contributed by atoms with E-state index in [2.05, 4.69) is 4.98 Å². The molecule has 0 aliphatic carbocycles. The van der Waals surface area contributed by atoms with Gasteiger partial charge in [0.25, 0.3) is 0 Å². The highest BCUT2D eigenvalue weighted by atomic mass is 35.5. The second-order valence-corrected chi connectivity index (χ2v) is 7.83. The highest BCUT2D eigenvalue weighted by Gasteiger charge is 2.17. The van der Waals surface area contributed by atoms with Gasteiger partial charge >= 0.3 is 0 Å². The first-order valence-corrected chi connectivity index (χ1v) is 9.48. The van der Waals surface area contributed by atoms with Gasteiger partial charge in [-0.05, 0) is 30.3 Å². The van der Waals surface area contributed by atoms with Gasteiger partial charge in [0.05, 0.1) is 32.4 Å². The van der Waals surface area contributed by atoms with Crippen molar-refractivity contribution in [1.29, 1.82) is 0 Å². The van der Waals surface area contributed by atoms with Crippen LogP contribution in [0.15, 0.2) is 36.5 Å². The Morgan fingerprint density at radius 1 is 0.731 bits per heavy atom. The topological polar surface area (TPSA) is 33.1 Å². The molecular formula is C18H9Cl6NO. The maximum atomic E-state index is 9.82. The van der Waals surface area contributed by atoms with Gasteiger partial charge in [0.15, 0.2) is 0 Å². The largest absolute Gasteiger partial charge is 0.392 e. The molecule has 26 heavy (non-hydrogen) atoms. The van der Waals surface area contributed by atoms with Gasteiger partial charge in [0.1, 0.15) is 0 Å². The molecule has 0 atom stereocenters. The first-order chi connectivity index (χ1) is 12.3. The lowest BCUT2D eigenvalue weighted by Gasteiger charge is -2.13. The molecule has 1 aromatic heterocycles. The van der Waals surface area contributed by atoms with E-state index in [-0.39, 0.29) is 6.61 Å². The minimum atomic E-state index is -0.275. The van der Waals surface area contributed by atoms with E-state index < -0.39 is 0 Å². The minimum Gasteiger partial charge on any atom is -0.392 e. The maximum absolute atomic E-state index is 9.82. The summed E-state index contributed by atoms with van der Waals surface area (Å²) in [6.45, 7) is -0.275. The first-order valence-electron chi connectivity index (χ1n) is 7.21. The summed E-state index contributed by atoms with van der Waals surface area (Å²) in [7, 11) is 0. The van der Waals surface area contributed by atoms with E-state index in [9.17, 15) is 5.11 Å². The summed E-state index contributed by atoms with van der Waals surface area (Å²) in [6.07, 6.45) is 1.59. The molecule has 8 heteroatoms. The van der Waals surface area contributed by atoms with Crippen LogP contribution < -0.4 is 0 Å². The molecule has 0 radical (unpaired) electrons. The molecule has 1 N–H and O–H groups in total. The van der Waals surface area contributed by atoms with Crippen LogP contribution in [0.3, 0.4) is 0 Å². The summed E-state index contributed by atoms with van der Waals surface area (Å²) in [5, 5.41) is 11.9. The van der Waals surface area contributed by atoms with Crippen molar-refractivity contribution in [3.63, 3.8) is 0 Å². The predicted molar refractivity (Wildman–Crippen MR) is 111 cm³/mol. The van der Waals surface area contributed by atoms with Crippen molar-refractivity contribution in [2.45, 2.75) is 6.61 Å². The van der Waals surface area contributed by atoms with Crippen LogP contribution in [0, 0.1) is 0 Å². The number of aliphatic hydroxyl groups is 1. The van der Waals surface area contributed by atoms with E-state index in [1.807, 2.05) is 0 Å². The fraction of sp³-hybridized carbons (Fsp3) is 0.0556. The standard InChI is InChI=1S/C18H9Cl6NO/c19-10-2-12(16(23)14(21)4-10)8-1-9(7-26)18(25-6-8)13-3-11(20)5-15(22)17(13)24/h1-6,26H,7H2. The van der Waals surface area contributed by atoms with Crippen molar-refractivity contribution >= 4 is 69.6 Å². The third kappa shape index (κ3) is 3.93. The van der Waals surface area contributed by atoms with Gasteiger partial charge in [-0.15, -0.1) is 0 Å². The Kier molecular flexibility index (Phi) is 6.25. The molecule has 0 aliphatic heterocycles. The van der Waals surface area contributed by atoms with E-state index in [4.69, 9.17) is 69.6 Å². The Morgan fingerprint density at radius 2 is 1.27 bits per heavy atom. The van der Waals surface area contributed by atoms with Gasteiger partial charge in [-0.25, -0.2) is 0 Å². The molecule has 3 rings (SSSR count). The zero-order valence-electron chi connectivity index (χ0n) is 12.8. The van der Waals surface area contributed by atoms with Crippen LogP contribution in [-0.2, 0) is 6.61 Å². The second-order valence-electron chi connectivity index (χ2n) is 5.39. The number of pyridine rings is 1. The van der Waals surface area contributed by atoms with E-state index in [1.54, 1.807) is 30.5 Å². The summed E-state index contributed by atoms with van der Waals surface area (Å²) in [5.41, 5.74) is 2.77. The quantitative estimate of drug-likeness (QED) is 0.398. The van der Waals surface area contributed by atoms with Gasteiger partial charge in [-0.1, -0.05) is 69.6 Å². The number of nitrogens with zero attached hydrogens (tertiary/aromatic N) is 1. The monoisotopic (exact) mass is 465 g/mol. The normalized spacial score (nSPS) is 11.0. The first kappa shape index (κ1) is 20.0. The van der Waals surface area contributed by atoms with Crippen molar-refractivity contribution in [3.05, 3.63) is 72.2 Å². The Hall–Kier alpha value is -0.710. The van der Waals surface area contributed by atoms with Gasteiger partial charge in [0, 0.05) is 38.5 Å². The zero-order chi connectivity index (χ0) is 19.0. The Bertz CT molecular complexity index is 1010. The molecule has 2 nitrogen and oxygen atoms in total. The lowest BCUT2D eigenvalue weighted by Crippen LogP contribution is -1.96. The smallest absolute Gasteiger partial charge is 0.0773 e. The maximum Gasteiger partial charge on any atom is 0.0773 e. The van der Waals surface area contributed by atoms with Crippen molar-refractivity contribution in [2.24, 2.45) is 0 Å². The summed E-state index contributed by atoms with van der Waals surface area (Å²) in [6, 6.07) is 8.14. The lowest BCUT2D eigenvalue weighted by atomic mass is 10.0. The highest BCUT2D eigenvalue weighted by Crippen LogP contribution is 2.40. The van der Waals surface area contributed by atoms with Crippen molar-refractivity contribution < 1.29 is 5.11 Å². The minimum absolute atomic E-state index is 0.275. The van der Waals surface area contributed by atoms with Crippen LogP contribution in [0.25, 0.3) is 22.4 Å². The molecule has 0 saturated carbocycles. The third-order valence-electron chi connectivity index (χ3n) is 3.69. The Balaban J connectivity index is 2.19. The molecule has 0 saturated heterocycles. The Morgan fingerprint density at radius 3 is 1.85 bits per heavy atom. The number of aromatic nitrogens is 1. The number of halogens is 6. The summed E-state index contributed by atoms with van der Waals surface area (Å²) in [5.74, 6) is 0. The van der Waals surface area contributed by atoms with Crippen LogP contribution in [0.4, 0.5) is 0 Å². The molecule has 0 amide bonds. The van der Waals surface area contributed by atoms with E-state index in [0.717, 1.165) is 0 Å². The fourth-order valence-electron chi connectivity index (χ4n) is 2.52. The molecule has 134 valence electrons.